The highest BCUT2D eigenvalue weighted by atomic mass is 15.3. The van der Waals surface area contributed by atoms with E-state index in [9.17, 15) is 5.26 Å². The van der Waals surface area contributed by atoms with Crippen molar-refractivity contribution in [2.45, 2.75) is 19.3 Å². The van der Waals surface area contributed by atoms with Crippen LogP contribution < -0.4 is 9.80 Å². The van der Waals surface area contributed by atoms with Gasteiger partial charge in [0.25, 0.3) is 0 Å². The van der Waals surface area contributed by atoms with E-state index in [0.717, 1.165) is 48.6 Å². The van der Waals surface area contributed by atoms with E-state index in [2.05, 4.69) is 81.3 Å². The van der Waals surface area contributed by atoms with Crippen LogP contribution in [0.25, 0.3) is 11.0 Å². The first-order valence-corrected chi connectivity index (χ1v) is 11.2. The maximum absolute atomic E-state index is 9.74. The molecule has 1 unspecified atom stereocenters. The van der Waals surface area contributed by atoms with Crippen molar-refractivity contribution >= 4 is 22.4 Å². The largest absolute Gasteiger partial charge is 0.368 e. The molecule has 1 aliphatic heterocycles. The van der Waals surface area contributed by atoms with E-state index < -0.39 is 0 Å². The molecule has 32 heavy (non-hydrogen) atoms. The number of rotatable bonds is 5. The lowest BCUT2D eigenvalue weighted by atomic mass is 9.99. The Bertz CT molecular complexity index is 1190. The van der Waals surface area contributed by atoms with E-state index in [4.69, 9.17) is 0 Å². The third-order valence-electron chi connectivity index (χ3n) is 6.31. The van der Waals surface area contributed by atoms with Crippen molar-refractivity contribution in [1.29, 1.82) is 5.26 Å². The topological polar surface area (TPSA) is 58.9 Å². The third kappa shape index (κ3) is 4.17. The molecule has 2 heterocycles. The van der Waals surface area contributed by atoms with Crippen molar-refractivity contribution in [3.63, 3.8) is 0 Å². The summed E-state index contributed by atoms with van der Waals surface area (Å²) in [5.41, 5.74) is 6.88. The minimum Gasteiger partial charge on any atom is -0.368 e. The molecular weight excluding hydrogens is 394 g/mol. The van der Waals surface area contributed by atoms with E-state index in [-0.39, 0.29) is 5.92 Å². The van der Waals surface area contributed by atoms with Crippen LogP contribution in [0.3, 0.4) is 0 Å². The Morgan fingerprint density at radius 1 is 0.875 bits per heavy atom. The third-order valence-corrected chi connectivity index (χ3v) is 6.31. The van der Waals surface area contributed by atoms with Crippen molar-refractivity contribution in [2.75, 3.05) is 36.0 Å². The number of anilines is 2. The molecule has 4 aromatic rings. The highest BCUT2D eigenvalue weighted by Crippen LogP contribution is 2.24. The van der Waals surface area contributed by atoms with Gasteiger partial charge in [0.1, 0.15) is 11.7 Å². The van der Waals surface area contributed by atoms with E-state index in [0.29, 0.717) is 6.42 Å². The summed E-state index contributed by atoms with van der Waals surface area (Å²) in [5, 5.41) is 9.74. The molecule has 0 bridgehead atoms. The molecule has 1 atom stereocenters. The van der Waals surface area contributed by atoms with Gasteiger partial charge in [0, 0.05) is 37.6 Å². The van der Waals surface area contributed by atoms with Crippen molar-refractivity contribution in [3.8, 4) is 6.07 Å². The van der Waals surface area contributed by atoms with Gasteiger partial charge in [0.2, 0.25) is 0 Å². The summed E-state index contributed by atoms with van der Waals surface area (Å²) in [6, 6.07) is 27.8. The number of aromatic nitrogens is 2. The number of imidazole rings is 1. The Morgan fingerprint density at radius 2 is 1.47 bits per heavy atom. The van der Waals surface area contributed by atoms with Gasteiger partial charge in [0.05, 0.1) is 17.1 Å². The second-order valence-corrected chi connectivity index (χ2v) is 8.50. The smallest absolute Gasteiger partial charge is 0.124 e. The van der Waals surface area contributed by atoms with Crippen LogP contribution in [0, 0.1) is 18.3 Å². The van der Waals surface area contributed by atoms with Crippen molar-refractivity contribution < 1.29 is 0 Å². The first-order valence-electron chi connectivity index (χ1n) is 11.2. The van der Waals surface area contributed by atoms with Gasteiger partial charge in [-0.1, -0.05) is 42.0 Å². The van der Waals surface area contributed by atoms with Crippen LogP contribution in [-0.4, -0.2) is 36.1 Å². The molecule has 1 N–H and O–H groups in total. The number of nitrogens with one attached hydrogen (secondary N) is 1. The number of fused-ring (bicyclic) bond motifs is 1. The van der Waals surface area contributed by atoms with Crippen molar-refractivity contribution in [2.24, 2.45) is 0 Å². The summed E-state index contributed by atoms with van der Waals surface area (Å²) in [6.45, 7) is 6.18. The Hall–Kier alpha value is -3.78. The van der Waals surface area contributed by atoms with Crippen LogP contribution in [-0.2, 0) is 6.42 Å². The second kappa shape index (κ2) is 8.76. The Kier molecular flexibility index (Phi) is 5.51. The van der Waals surface area contributed by atoms with Gasteiger partial charge in [-0.2, -0.15) is 5.26 Å². The highest BCUT2D eigenvalue weighted by Gasteiger charge is 2.19. The second-order valence-electron chi connectivity index (χ2n) is 8.50. The molecule has 0 amide bonds. The summed E-state index contributed by atoms with van der Waals surface area (Å²) in [6.07, 6.45) is 0.651. The van der Waals surface area contributed by atoms with Gasteiger partial charge >= 0.3 is 0 Å². The summed E-state index contributed by atoms with van der Waals surface area (Å²) >= 11 is 0. The summed E-state index contributed by atoms with van der Waals surface area (Å²) < 4.78 is 0. The van der Waals surface area contributed by atoms with E-state index in [1.807, 2.05) is 24.3 Å². The van der Waals surface area contributed by atoms with E-state index in [1.54, 1.807) is 0 Å². The molecule has 1 aromatic heterocycles. The normalized spacial score (nSPS) is 15.0. The van der Waals surface area contributed by atoms with Gasteiger partial charge in [-0.25, -0.2) is 4.98 Å². The number of nitriles is 1. The first-order chi connectivity index (χ1) is 15.7. The minimum absolute atomic E-state index is 0.286. The van der Waals surface area contributed by atoms with Gasteiger partial charge in [-0.3, -0.25) is 0 Å². The number of hydrogen-bond donors (Lipinski definition) is 1. The zero-order valence-corrected chi connectivity index (χ0v) is 18.3. The predicted octanol–water partition coefficient (Wildman–Crippen LogP) is 5.05. The van der Waals surface area contributed by atoms with Crippen molar-refractivity contribution in [3.05, 3.63) is 89.7 Å². The zero-order valence-electron chi connectivity index (χ0n) is 18.3. The van der Waals surface area contributed by atoms with E-state index >= 15 is 0 Å². The van der Waals surface area contributed by atoms with Crippen LogP contribution >= 0.6 is 0 Å². The molecule has 3 aromatic carbocycles. The maximum atomic E-state index is 9.74. The minimum atomic E-state index is -0.286. The van der Waals surface area contributed by atoms with Crippen LogP contribution in [0.1, 0.15) is 22.9 Å². The number of aryl methyl sites for hydroxylation is 1. The predicted molar refractivity (Wildman–Crippen MR) is 130 cm³/mol. The summed E-state index contributed by atoms with van der Waals surface area (Å²) in [4.78, 5) is 12.8. The molecule has 5 rings (SSSR count). The molecule has 0 aliphatic carbocycles. The summed E-state index contributed by atoms with van der Waals surface area (Å²) in [5.74, 6) is 0.455. The molecule has 5 nitrogen and oxygen atoms in total. The fourth-order valence-corrected chi connectivity index (χ4v) is 4.40. The number of hydrogen-bond acceptors (Lipinski definition) is 4. The molecular formula is C27H27N5. The molecule has 1 saturated heterocycles. The maximum Gasteiger partial charge on any atom is 0.124 e. The summed E-state index contributed by atoms with van der Waals surface area (Å²) in [7, 11) is 0. The highest BCUT2D eigenvalue weighted by molar-refractivity contribution is 5.75. The molecule has 0 saturated carbocycles. The molecule has 0 radical (unpaired) electrons. The van der Waals surface area contributed by atoms with Crippen LogP contribution in [0.5, 0.6) is 0 Å². The van der Waals surface area contributed by atoms with Crippen LogP contribution in [0.4, 0.5) is 11.4 Å². The zero-order chi connectivity index (χ0) is 21.9. The fourth-order valence-electron chi connectivity index (χ4n) is 4.40. The van der Waals surface area contributed by atoms with Gasteiger partial charge in [-0.15, -0.1) is 0 Å². The molecule has 1 aliphatic rings. The Labute approximate surface area is 188 Å². The monoisotopic (exact) mass is 421 g/mol. The molecule has 5 heteroatoms. The number of piperazine rings is 1. The fraction of sp³-hybridized carbons (Fsp3) is 0.259. The Morgan fingerprint density at radius 3 is 2.06 bits per heavy atom. The lowest BCUT2D eigenvalue weighted by Crippen LogP contribution is -2.46. The lowest BCUT2D eigenvalue weighted by Gasteiger charge is -2.37. The standard InChI is InChI=1S/C27H27N5/c1-20-6-10-23(11-7-20)31-14-16-32(17-15-31)24-12-8-21(9-13-24)18-22(19-28)27-29-25-4-2-3-5-26(25)30-27/h2-13,22H,14-18H2,1H3,(H,29,30). The van der Waals surface area contributed by atoms with Crippen LogP contribution in [0.2, 0.25) is 0 Å². The lowest BCUT2D eigenvalue weighted by molar-refractivity contribution is 0.653. The molecule has 1 fully saturated rings. The average Bonchev–Trinajstić information content (AvgIpc) is 3.28. The first kappa shape index (κ1) is 20.1. The average molecular weight is 422 g/mol. The number of nitrogens with zero attached hydrogens (tertiary/aromatic N) is 4. The number of H-pyrrole nitrogens is 1. The molecule has 0 spiro atoms. The SMILES string of the molecule is Cc1ccc(N2CCN(c3ccc(CC(C#N)c4nc5ccccc5[nH]4)cc3)CC2)cc1. The molecule has 160 valence electrons. The number of benzene rings is 3. The van der Waals surface area contributed by atoms with Crippen molar-refractivity contribution in [1.82, 2.24) is 9.97 Å². The van der Waals surface area contributed by atoms with Gasteiger partial charge in [0.15, 0.2) is 0 Å². The quantitative estimate of drug-likeness (QED) is 0.490. The Balaban J connectivity index is 1.22. The number of aromatic amines is 1. The van der Waals surface area contributed by atoms with Gasteiger partial charge in [-0.05, 0) is 55.3 Å². The van der Waals surface area contributed by atoms with Gasteiger partial charge < -0.3 is 14.8 Å². The van der Waals surface area contributed by atoms with Crippen LogP contribution in [0.15, 0.2) is 72.8 Å². The number of para-hydroxylation sites is 2. The van der Waals surface area contributed by atoms with E-state index in [1.165, 1.54) is 16.9 Å².